The normalized spacial score (nSPS) is 30.4. The molecule has 0 aromatic heterocycles. The van der Waals surface area contributed by atoms with E-state index < -0.39 is 8.77 Å². The maximum atomic E-state index is 12.4. The minimum atomic E-state index is -3.37. The van der Waals surface area contributed by atoms with Crippen molar-refractivity contribution in [2.24, 2.45) is 5.73 Å². The van der Waals surface area contributed by atoms with Crippen LogP contribution in [0.1, 0.15) is 50.0 Å². The van der Waals surface area contributed by atoms with Crippen molar-refractivity contribution >= 4 is 8.77 Å². The van der Waals surface area contributed by atoms with E-state index in [1.54, 1.807) is 18.2 Å². The van der Waals surface area contributed by atoms with Gasteiger partial charge >= 0.3 is 8.77 Å². The highest BCUT2D eigenvalue weighted by Gasteiger charge is 2.26. The summed E-state index contributed by atoms with van der Waals surface area (Å²) in [6.07, 6.45) is 6.49. The lowest BCUT2D eigenvalue weighted by Crippen LogP contribution is -2.52. The third-order valence-corrected chi connectivity index (χ3v) is 5.68. The number of benzene rings is 1. The summed E-state index contributed by atoms with van der Waals surface area (Å²) in [5.41, 5.74) is 7.22. The van der Waals surface area contributed by atoms with Gasteiger partial charge in [0.05, 0.1) is 12.7 Å². The number of rotatable bonds is 6. The van der Waals surface area contributed by atoms with Crippen molar-refractivity contribution < 1.29 is 17.7 Å². The standard InChI is InChI=1S/C18H27F2N2O2P/c19-25(20)24-16-4-1-3-14(11-16)13-6-8-15(9-7-13)23-12-18-17(21)5-2-10-22-18/h1,3-4,11,13,15,17-18,22H,2,5-10,12,21H2. The Morgan fingerprint density at radius 1 is 1.16 bits per heavy atom. The first-order valence-corrected chi connectivity index (χ1v) is 10.2. The van der Waals surface area contributed by atoms with Gasteiger partial charge in [-0.3, -0.25) is 0 Å². The van der Waals surface area contributed by atoms with Gasteiger partial charge in [0.25, 0.3) is 0 Å². The van der Waals surface area contributed by atoms with Crippen LogP contribution in [-0.2, 0) is 4.74 Å². The molecule has 0 amide bonds. The van der Waals surface area contributed by atoms with Crippen molar-refractivity contribution in [2.75, 3.05) is 13.2 Å². The van der Waals surface area contributed by atoms with Crippen LogP contribution in [0.3, 0.4) is 0 Å². The third kappa shape index (κ3) is 5.58. The van der Waals surface area contributed by atoms with E-state index in [-0.39, 0.29) is 23.9 Å². The van der Waals surface area contributed by atoms with Crippen molar-refractivity contribution in [3.8, 4) is 5.75 Å². The van der Waals surface area contributed by atoms with E-state index in [1.807, 2.05) is 6.07 Å². The van der Waals surface area contributed by atoms with Crippen LogP contribution in [-0.4, -0.2) is 31.3 Å². The van der Waals surface area contributed by atoms with Crippen LogP contribution in [0, 0.1) is 0 Å². The second kappa shape index (κ2) is 9.22. The predicted octanol–water partition coefficient (Wildman–Crippen LogP) is 4.35. The van der Waals surface area contributed by atoms with Crippen molar-refractivity contribution in [3.63, 3.8) is 0 Å². The van der Waals surface area contributed by atoms with E-state index in [2.05, 4.69) is 9.84 Å². The summed E-state index contributed by atoms with van der Waals surface area (Å²) in [7, 11) is -3.37. The van der Waals surface area contributed by atoms with Gasteiger partial charge in [-0.2, -0.15) is 0 Å². The van der Waals surface area contributed by atoms with Gasteiger partial charge in [-0.1, -0.05) is 12.1 Å². The monoisotopic (exact) mass is 372 g/mol. The molecule has 7 heteroatoms. The zero-order chi connectivity index (χ0) is 17.6. The Morgan fingerprint density at radius 2 is 1.96 bits per heavy atom. The number of ether oxygens (including phenoxy) is 1. The van der Waals surface area contributed by atoms with E-state index in [0.29, 0.717) is 12.5 Å². The molecule has 2 unspecified atom stereocenters. The first-order chi connectivity index (χ1) is 12.1. The number of nitrogens with two attached hydrogens (primary N) is 1. The summed E-state index contributed by atoms with van der Waals surface area (Å²) < 4.78 is 35.5. The zero-order valence-electron chi connectivity index (χ0n) is 14.4. The van der Waals surface area contributed by atoms with Crippen LogP contribution < -0.4 is 15.6 Å². The van der Waals surface area contributed by atoms with Crippen molar-refractivity contribution in [1.29, 1.82) is 0 Å². The molecule has 1 aliphatic carbocycles. The van der Waals surface area contributed by atoms with Gasteiger partial charge in [-0.15, -0.1) is 8.39 Å². The van der Waals surface area contributed by atoms with Gasteiger partial charge < -0.3 is 20.3 Å². The van der Waals surface area contributed by atoms with Gasteiger partial charge in [0.15, 0.2) is 0 Å². The molecule has 4 nitrogen and oxygen atoms in total. The number of hydrogen-bond donors (Lipinski definition) is 2. The van der Waals surface area contributed by atoms with E-state index in [1.165, 1.54) is 0 Å². The molecule has 3 N–H and O–H groups in total. The molecule has 1 aliphatic heterocycles. The fraction of sp³-hybridized carbons (Fsp3) is 0.667. The molecule has 2 fully saturated rings. The number of hydrogen-bond acceptors (Lipinski definition) is 4. The predicted molar refractivity (Wildman–Crippen MR) is 96.2 cm³/mol. The lowest BCUT2D eigenvalue weighted by atomic mass is 9.82. The summed E-state index contributed by atoms with van der Waals surface area (Å²) in [5.74, 6) is 0.660. The molecule has 1 saturated heterocycles. The lowest BCUT2D eigenvalue weighted by molar-refractivity contribution is 0.00619. The molecule has 0 spiro atoms. The van der Waals surface area contributed by atoms with Crippen LogP contribution in [0.2, 0.25) is 0 Å². The molecule has 25 heavy (non-hydrogen) atoms. The second-order valence-corrected chi connectivity index (χ2v) is 7.63. The first-order valence-electron chi connectivity index (χ1n) is 9.12. The quantitative estimate of drug-likeness (QED) is 0.729. The number of nitrogens with one attached hydrogen (secondary N) is 1. The summed E-state index contributed by atoms with van der Waals surface area (Å²) in [5, 5.41) is 3.44. The molecule has 3 rings (SSSR count). The minimum absolute atomic E-state index is 0.185. The molecule has 1 aromatic carbocycles. The fourth-order valence-corrected chi connectivity index (χ4v) is 4.14. The smallest absolute Gasteiger partial charge is 0.421 e. The average molecular weight is 372 g/mol. The third-order valence-electron chi connectivity index (χ3n) is 5.33. The molecule has 0 bridgehead atoms. The van der Waals surface area contributed by atoms with Crippen molar-refractivity contribution in [1.82, 2.24) is 5.32 Å². The maximum Gasteiger partial charge on any atom is 0.481 e. The van der Waals surface area contributed by atoms with Crippen LogP contribution in [0.15, 0.2) is 24.3 Å². The molecule has 2 aliphatic rings. The molecular formula is C18H27F2N2O2P. The Labute approximate surface area is 149 Å². The second-order valence-electron chi connectivity index (χ2n) is 7.04. The molecule has 2 atom stereocenters. The highest BCUT2D eigenvalue weighted by molar-refractivity contribution is 7.41. The molecule has 0 radical (unpaired) electrons. The molecule has 1 heterocycles. The Bertz CT molecular complexity index is 542. The summed E-state index contributed by atoms with van der Waals surface area (Å²) in [4.78, 5) is 0. The molecule has 140 valence electrons. The SMILES string of the molecule is NC1CCCNC1COC1CCC(c2cccc(OP(F)F)c2)CC1. The van der Waals surface area contributed by atoms with Crippen molar-refractivity contribution in [3.05, 3.63) is 29.8 Å². The van der Waals surface area contributed by atoms with Crippen LogP contribution in [0.25, 0.3) is 0 Å². The zero-order valence-corrected chi connectivity index (χ0v) is 15.3. The number of piperidine rings is 1. The first kappa shape index (κ1) is 19.0. The van der Waals surface area contributed by atoms with Crippen LogP contribution in [0.4, 0.5) is 8.39 Å². The molecule has 1 aromatic rings. The van der Waals surface area contributed by atoms with E-state index >= 15 is 0 Å². The van der Waals surface area contributed by atoms with Gasteiger partial charge in [0.2, 0.25) is 0 Å². The Balaban J connectivity index is 1.45. The Morgan fingerprint density at radius 3 is 2.68 bits per heavy atom. The van der Waals surface area contributed by atoms with E-state index in [9.17, 15) is 8.39 Å². The molecular weight excluding hydrogens is 345 g/mol. The Kier molecular flexibility index (Phi) is 7.00. The molecule has 1 saturated carbocycles. The number of halogens is 2. The van der Waals surface area contributed by atoms with Gasteiger partial charge in [0, 0.05) is 12.1 Å². The van der Waals surface area contributed by atoms with Gasteiger partial charge in [0.1, 0.15) is 5.75 Å². The van der Waals surface area contributed by atoms with E-state index in [4.69, 9.17) is 10.5 Å². The summed E-state index contributed by atoms with van der Waals surface area (Å²) >= 11 is 0. The van der Waals surface area contributed by atoms with E-state index in [0.717, 1.165) is 50.6 Å². The van der Waals surface area contributed by atoms with Gasteiger partial charge in [-0.05, 0) is 68.7 Å². The van der Waals surface area contributed by atoms with Crippen molar-refractivity contribution in [2.45, 2.75) is 62.6 Å². The largest absolute Gasteiger partial charge is 0.481 e. The summed E-state index contributed by atoms with van der Waals surface area (Å²) in [6, 6.07) is 7.59. The van der Waals surface area contributed by atoms with Crippen LogP contribution in [0.5, 0.6) is 5.75 Å². The summed E-state index contributed by atoms with van der Waals surface area (Å²) in [6.45, 7) is 1.70. The lowest BCUT2D eigenvalue weighted by Gasteiger charge is -2.33. The average Bonchev–Trinajstić information content (AvgIpc) is 2.61. The van der Waals surface area contributed by atoms with Gasteiger partial charge in [-0.25, -0.2) is 0 Å². The minimum Gasteiger partial charge on any atom is -0.421 e. The fourth-order valence-electron chi connectivity index (χ4n) is 3.87. The topological polar surface area (TPSA) is 56.5 Å². The highest BCUT2D eigenvalue weighted by atomic mass is 31.2. The Hall–Kier alpha value is -0.810. The highest BCUT2D eigenvalue weighted by Crippen LogP contribution is 2.42. The maximum absolute atomic E-state index is 12.4. The van der Waals surface area contributed by atoms with Crippen LogP contribution >= 0.6 is 8.77 Å².